The summed E-state index contributed by atoms with van der Waals surface area (Å²) >= 11 is 3.55. The molecule has 0 N–H and O–H groups in total. The Bertz CT molecular complexity index is 424. The highest BCUT2D eigenvalue weighted by molar-refractivity contribution is 9.10. The third kappa shape index (κ3) is 2.81. The van der Waals surface area contributed by atoms with Crippen molar-refractivity contribution in [1.29, 1.82) is 0 Å². The number of nitrogens with zero attached hydrogens (tertiary/aromatic N) is 1. The largest absolute Gasteiger partial charge is 0.418 e. The highest BCUT2D eigenvalue weighted by atomic mass is 79.9. The fourth-order valence-electron chi connectivity index (χ4n) is 3.78. The van der Waals surface area contributed by atoms with E-state index in [1.165, 1.54) is 0 Å². The molecule has 0 fully saturated rings. The molecule has 0 saturated carbocycles. The second-order valence-electron chi connectivity index (χ2n) is 6.29. The molecule has 0 saturated heterocycles. The Morgan fingerprint density at radius 3 is 2.11 bits per heavy atom. The number of hydrogen-bond acceptors (Lipinski definition) is 2. The van der Waals surface area contributed by atoms with Crippen LogP contribution in [0.4, 0.5) is 0 Å². The molecule has 0 radical (unpaired) electrons. The van der Waals surface area contributed by atoms with Gasteiger partial charge in [-0.15, -0.1) is 0 Å². The molecule has 0 aliphatic carbocycles. The van der Waals surface area contributed by atoms with Gasteiger partial charge in [0.1, 0.15) is 0 Å². The topological polar surface area (TPSA) is 22.1 Å². The van der Waals surface area contributed by atoms with E-state index in [0.717, 1.165) is 10.2 Å². The Labute approximate surface area is 127 Å². The average Bonchev–Trinajstić information content (AvgIpc) is 2.29. The monoisotopic (exact) mass is 343 g/mol. The fraction of sp³-hybridized carbons (Fsp3) is 0.667. The summed E-state index contributed by atoms with van der Waals surface area (Å²) in [6.45, 7) is 13.7. The van der Waals surface area contributed by atoms with E-state index in [2.05, 4.69) is 68.5 Å². The molecule has 0 aromatic carbocycles. The lowest BCUT2D eigenvalue weighted by atomic mass is 10.1. The maximum Gasteiger partial charge on any atom is 0.208 e. The zero-order chi connectivity index (χ0) is 14.8. The summed E-state index contributed by atoms with van der Waals surface area (Å²) in [5.41, 5.74) is 2.19. The summed E-state index contributed by atoms with van der Waals surface area (Å²) in [6, 6.07) is 4.10. The van der Waals surface area contributed by atoms with Crippen LogP contribution in [0.2, 0.25) is 11.1 Å². The van der Waals surface area contributed by atoms with Crippen LogP contribution in [0.5, 0.6) is 0 Å². The first kappa shape index (κ1) is 16.9. The first-order chi connectivity index (χ1) is 8.70. The minimum atomic E-state index is -2.00. The molecule has 0 atom stereocenters. The molecular weight excluding hydrogens is 318 g/mol. The molecule has 0 spiro atoms. The maximum atomic E-state index is 6.20. The van der Waals surface area contributed by atoms with E-state index >= 15 is 0 Å². The highest BCUT2D eigenvalue weighted by Crippen LogP contribution is 2.47. The van der Waals surface area contributed by atoms with E-state index in [-0.39, 0.29) is 5.04 Å². The maximum absolute atomic E-state index is 6.20. The molecule has 1 rings (SSSR count). The summed E-state index contributed by atoms with van der Waals surface area (Å²) < 4.78 is 7.28. The lowest BCUT2D eigenvalue weighted by molar-refractivity contribution is 0.333. The van der Waals surface area contributed by atoms with Crippen molar-refractivity contribution in [2.45, 2.75) is 57.7 Å². The van der Waals surface area contributed by atoms with Crippen molar-refractivity contribution < 1.29 is 4.43 Å². The number of aromatic nitrogens is 1. The molecule has 0 aliphatic rings. The van der Waals surface area contributed by atoms with Gasteiger partial charge < -0.3 is 4.43 Å². The summed E-state index contributed by atoms with van der Waals surface area (Å²) in [6.07, 6.45) is 1.87. The molecule has 1 aromatic heterocycles. The second-order valence-corrected chi connectivity index (χ2v) is 12.8. The van der Waals surface area contributed by atoms with Gasteiger partial charge in [0.15, 0.2) is 0 Å². The van der Waals surface area contributed by atoms with Crippen LogP contribution in [0.1, 0.15) is 47.2 Å². The van der Waals surface area contributed by atoms with E-state index in [9.17, 15) is 0 Å². The van der Waals surface area contributed by atoms with Crippen LogP contribution < -0.4 is 0 Å². The van der Waals surface area contributed by atoms with Crippen molar-refractivity contribution in [3.8, 4) is 0 Å². The van der Waals surface area contributed by atoms with E-state index < -0.39 is 8.32 Å². The molecule has 0 aliphatic heterocycles. The van der Waals surface area contributed by atoms with Gasteiger partial charge in [-0.2, -0.15) is 0 Å². The average molecular weight is 344 g/mol. The van der Waals surface area contributed by atoms with E-state index in [4.69, 9.17) is 4.43 Å². The molecule has 0 unspecified atom stereocenters. The van der Waals surface area contributed by atoms with E-state index in [1.54, 1.807) is 0 Å². The minimum Gasteiger partial charge on any atom is -0.418 e. The number of rotatable bonds is 5. The predicted octanol–water partition coefficient (Wildman–Crippen LogP) is 5.07. The van der Waals surface area contributed by atoms with Gasteiger partial charge >= 0.3 is 0 Å². The first-order valence-electron chi connectivity index (χ1n) is 6.87. The van der Waals surface area contributed by atoms with Crippen LogP contribution in [0.15, 0.2) is 22.8 Å². The van der Waals surface area contributed by atoms with Gasteiger partial charge in [-0.3, -0.25) is 4.98 Å². The molecule has 1 aromatic rings. The second kappa shape index (κ2) is 6.06. The summed E-state index contributed by atoms with van der Waals surface area (Å²) in [5.74, 6) is 0. The zero-order valence-electron chi connectivity index (χ0n) is 13.1. The Balaban J connectivity index is 3.43. The molecular formula is C15H26BrNOSi. The SMILES string of the molecule is CO[Si](C(C)C)(C(C)C)C(C)(C)c1cc(Br)ccn1. The standard InChI is InChI=1S/C15H26BrNOSi/c1-11(2)19(18-7,12(3)4)15(5,6)14-10-13(16)8-9-17-14/h8-12H,1-7H3. The molecule has 0 amide bonds. The third-order valence-corrected chi connectivity index (χ3v) is 11.2. The summed E-state index contributed by atoms with van der Waals surface area (Å²) in [4.78, 5) is 4.61. The lowest BCUT2D eigenvalue weighted by Crippen LogP contribution is -2.59. The van der Waals surface area contributed by atoms with Crippen molar-refractivity contribution in [2.75, 3.05) is 7.11 Å². The van der Waals surface area contributed by atoms with Crippen LogP contribution in [0.3, 0.4) is 0 Å². The molecule has 1 heterocycles. The van der Waals surface area contributed by atoms with Crippen LogP contribution >= 0.6 is 15.9 Å². The van der Waals surface area contributed by atoms with Gasteiger partial charge in [-0.25, -0.2) is 0 Å². The Hall–Kier alpha value is -0.193. The minimum absolute atomic E-state index is 0.0339. The van der Waals surface area contributed by atoms with Crippen molar-refractivity contribution in [1.82, 2.24) is 4.98 Å². The van der Waals surface area contributed by atoms with Crippen LogP contribution in [0.25, 0.3) is 0 Å². The number of hydrogen-bond donors (Lipinski definition) is 0. The lowest BCUT2D eigenvalue weighted by Gasteiger charge is -2.48. The summed E-state index contributed by atoms with van der Waals surface area (Å²) in [7, 11) is -0.118. The van der Waals surface area contributed by atoms with Gasteiger partial charge in [0.2, 0.25) is 8.32 Å². The van der Waals surface area contributed by atoms with Crippen molar-refractivity contribution in [2.24, 2.45) is 0 Å². The Morgan fingerprint density at radius 2 is 1.74 bits per heavy atom. The smallest absolute Gasteiger partial charge is 0.208 e. The first-order valence-corrected chi connectivity index (χ1v) is 9.73. The van der Waals surface area contributed by atoms with Crippen LogP contribution in [-0.2, 0) is 9.46 Å². The molecule has 0 bridgehead atoms. The van der Waals surface area contributed by atoms with E-state index in [0.29, 0.717) is 11.1 Å². The van der Waals surface area contributed by atoms with Crippen molar-refractivity contribution in [3.63, 3.8) is 0 Å². The van der Waals surface area contributed by atoms with Gasteiger partial charge in [-0.05, 0) is 23.2 Å². The molecule has 4 heteroatoms. The summed E-state index contributed by atoms with van der Waals surface area (Å²) in [5, 5.41) is -0.0339. The van der Waals surface area contributed by atoms with Crippen LogP contribution in [0, 0.1) is 0 Å². The predicted molar refractivity (Wildman–Crippen MR) is 87.9 cm³/mol. The molecule has 19 heavy (non-hydrogen) atoms. The van der Waals surface area contributed by atoms with Crippen molar-refractivity contribution in [3.05, 3.63) is 28.5 Å². The van der Waals surface area contributed by atoms with Gasteiger partial charge in [0, 0.05) is 28.5 Å². The third-order valence-electron chi connectivity index (χ3n) is 4.39. The number of pyridine rings is 1. The Morgan fingerprint density at radius 1 is 1.21 bits per heavy atom. The van der Waals surface area contributed by atoms with Crippen molar-refractivity contribution >= 4 is 24.2 Å². The van der Waals surface area contributed by atoms with E-state index in [1.807, 2.05) is 19.4 Å². The molecule has 2 nitrogen and oxygen atoms in total. The van der Waals surface area contributed by atoms with Gasteiger partial charge in [-0.1, -0.05) is 57.5 Å². The zero-order valence-corrected chi connectivity index (χ0v) is 15.7. The quantitative estimate of drug-likeness (QED) is 0.696. The van der Waals surface area contributed by atoms with Gasteiger partial charge in [0.05, 0.1) is 0 Å². The fourth-order valence-corrected chi connectivity index (χ4v) is 10.3. The highest BCUT2D eigenvalue weighted by Gasteiger charge is 2.54. The molecule has 108 valence electrons. The number of halogens is 1. The Kier molecular flexibility index (Phi) is 5.38. The normalized spacial score (nSPS) is 13.4. The van der Waals surface area contributed by atoms with Gasteiger partial charge in [0.25, 0.3) is 0 Å². The van der Waals surface area contributed by atoms with Crippen LogP contribution in [-0.4, -0.2) is 20.4 Å².